The van der Waals surface area contributed by atoms with E-state index >= 15 is 0 Å². The van der Waals surface area contributed by atoms with Gasteiger partial charge in [0, 0.05) is 18.0 Å². The minimum atomic E-state index is -0.367. The number of hydrogen-bond donors (Lipinski definition) is 1. The second kappa shape index (κ2) is 3.86. The van der Waals surface area contributed by atoms with Gasteiger partial charge in [0.15, 0.2) is 5.43 Å². The minimum Gasteiger partial charge on any atom is -0.364 e. The molecule has 0 saturated carbocycles. The highest BCUT2D eigenvalue weighted by molar-refractivity contribution is 5.93. The van der Waals surface area contributed by atoms with Gasteiger partial charge < -0.3 is 4.98 Å². The maximum Gasteiger partial charge on any atom is 0.282 e. The summed E-state index contributed by atoms with van der Waals surface area (Å²) in [5, 5.41) is 1.24. The van der Waals surface area contributed by atoms with Crippen LogP contribution in [0, 0.1) is 6.92 Å². The Morgan fingerprint density at radius 3 is 3.00 bits per heavy atom. The van der Waals surface area contributed by atoms with Crippen molar-refractivity contribution >= 4 is 5.91 Å². The van der Waals surface area contributed by atoms with Gasteiger partial charge in [-0.1, -0.05) is 0 Å². The normalized spacial score (nSPS) is 15.7. The maximum absolute atomic E-state index is 11.8. The van der Waals surface area contributed by atoms with E-state index in [1.54, 1.807) is 6.92 Å². The summed E-state index contributed by atoms with van der Waals surface area (Å²) >= 11 is 0. The molecule has 1 aromatic rings. The molecule has 1 N–H and O–H groups in total. The number of aromatic amines is 1. The molecule has 1 aromatic heterocycles. The highest BCUT2D eigenvalue weighted by atomic mass is 16.7. The molecule has 0 bridgehead atoms. The van der Waals surface area contributed by atoms with Crippen molar-refractivity contribution in [2.24, 2.45) is 0 Å². The van der Waals surface area contributed by atoms with Crippen molar-refractivity contribution in [3.8, 4) is 0 Å². The van der Waals surface area contributed by atoms with E-state index in [2.05, 4.69) is 4.98 Å². The average Bonchev–Trinajstić information content (AvgIpc) is 2.69. The van der Waals surface area contributed by atoms with Gasteiger partial charge in [0.25, 0.3) is 5.91 Å². The van der Waals surface area contributed by atoms with Crippen molar-refractivity contribution < 1.29 is 9.63 Å². The van der Waals surface area contributed by atoms with Crippen LogP contribution in [0.15, 0.2) is 17.1 Å². The van der Waals surface area contributed by atoms with Crippen LogP contribution in [0.1, 0.15) is 22.5 Å². The molecule has 0 unspecified atom stereocenters. The number of H-pyrrole nitrogens is 1. The van der Waals surface area contributed by atoms with Crippen molar-refractivity contribution in [3.63, 3.8) is 0 Å². The summed E-state index contributed by atoms with van der Waals surface area (Å²) in [5.74, 6) is -0.367. The number of rotatable bonds is 1. The van der Waals surface area contributed by atoms with Crippen LogP contribution < -0.4 is 5.43 Å². The lowest BCUT2D eigenvalue weighted by Gasteiger charge is -2.12. The Labute approximate surface area is 86.6 Å². The maximum atomic E-state index is 11.8. The number of aryl methyl sites for hydroxylation is 1. The van der Waals surface area contributed by atoms with Gasteiger partial charge in [-0.05, 0) is 13.3 Å². The van der Waals surface area contributed by atoms with Crippen LogP contribution in [0.2, 0.25) is 0 Å². The third-order valence-electron chi connectivity index (χ3n) is 2.27. The van der Waals surface area contributed by atoms with Gasteiger partial charge in [-0.2, -0.15) is 0 Å². The average molecular weight is 208 g/mol. The van der Waals surface area contributed by atoms with Crippen LogP contribution in [0.5, 0.6) is 0 Å². The van der Waals surface area contributed by atoms with Crippen LogP contribution in [0.4, 0.5) is 0 Å². The van der Waals surface area contributed by atoms with Gasteiger partial charge in [0.2, 0.25) is 0 Å². The van der Waals surface area contributed by atoms with E-state index in [9.17, 15) is 9.59 Å². The Hall–Kier alpha value is -1.62. The van der Waals surface area contributed by atoms with Crippen LogP contribution >= 0.6 is 0 Å². The molecule has 1 saturated heterocycles. The fourth-order valence-electron chi connectivity index (χ4n) is 1.48. The van der Waals surface area contributed by atoms with Crippen LogP contribution in [-0.4, -0.2) is 29.1 Å². The topological polar surface area (TPSA) is 62.4 Å². The van der Waals surface area contributed by atoms with Crippen molar-refractivity contribution in [1.82, 2.24) is 10.0 Å². The largest absolute Gasteiger partial charge is 0.364 e. The van der Waals surface area contributed by atoms with E-state index < -0.39 is 0 Å². The van der Waals surface area contributed by atoms with Crippen molar-refractivity contribution in [3.05, 3.63) is 33.7 Å². The second-order valence-corrected chi connectivity index (χ2v) is 3.49. The molecule has 1 aliphatic heterocycles. The van der Waals surface area contributed by atoms with E-state index in [1.807, 2.05) is 0 Å². The molecular formula is C10H12N2O3. The zero-order valence-electron chi connectivity index (χ0n) is 8.45. The van der Waals surface area contributed by atoms with E-state index in [4.69, 9.17) is 4.84 Å². The lowest BCUT2D eigenvalue weighted by molar-refractivity contribution is -0.0769. The standard InChI is InChI=1S/C10H12N2O3/c1-7-5-9(13)8(6-11-7)10(14)12-3-2-4-15-12/h5-6H,2-4H2,1H3,(H,11,13). The highest BCUT2D eigenvalue weighted by Gasteiger charge is 2.22. The monoisotopic (exact) mass is 208 g/mol. The molecule has 0 atom stereocenters. The number of nitrogens with zero attached hydrogens (tertiary/aromatic N) is 1. The zero-order valence-corrected chi connectivity index (χ0v) is 8.45. The summed E-state index contributed by atoms with van der Waals surface area (Å²) in [4.78, 5) is 31.2. The van der Waals surface area contributed by atoms with Crippen LogP contribution in [0.3, 0.4) is 0 Å². The Morgan fingerprint density at radius 1 is 1.60 bits per heavy atom. The first-order chi connectivity index (χ1) is 7.18. The Kier molecular flexibility index (Phi) is 2.55. The zero-order chi connectivity index (χ0) is 10.8. The molecule has 1 aliphatic rings. The third-order valence-corrected chi connectivity index (χ3v) is 2.27. The number of hydrogen-bond acceptors (Lipinski definition) is 3. The number of carbonyl (C=O) groups is 1. The second-order valence-electron chi connectivity index (χ2n) is 3.49. The molecule has 1 amide bonds. The number of amides is 1. The van der Waals surface area contributed by atoms with Crippen molar-refractivity contribution in [2.45, 2.75) is 13.3 Å². The first-order valence-corrected chi connectivity index (χ1v) is 4.82. The number of carbonyl (C=O) groups excluding carboxylic acids is 1. The Morgan fingerprint density at radius 2 is 2.40 bits per heavy atom. The molecule has 0 aromatic carbocycles. The number of nitrogens with one attached hydrogen (secondary N) is 1. The van der Waals surface area contributed by atoms with Gasteiger partial charge >= 0.3 is 0 Å². The SMILES string of the molecule is Cc1cc(=O)c(C(=O)N2CCCO2)c[nH]1. The van der Waals surface area contributed by atoms with Gasteiger partial charge in [-0.15, -0.1) is 0 Å². The Bertz CT molecular complexity index is 433. The fourth-order valence-corrected chi connectivity index (χ4v) is 1.48. The quantitative estimate of drug-likeness (QED) is 0.729. The summed E-state index contributed by atoms with van der Waals surface area (Å²) < 4.78 is 0. The smallest absolute Gasteiger partial charge is 0.282 e. The first-order valence-electron chi connectivity index (χ1n) is 4.82. The minimum absolute atomic E-state index is 0.127. The molecule has 0 spiro atoms. The number of pyridine rings is 1. The van der Waals surface area contributed by atoms with Crippen molar-refractivity contribution in [2.75, 3.05) is 13.2 Å². The molecular weight excluding hydrogens is 196 g/mol. The predicted molar refractivity (Wildman–Crippen MR) is 53.4 cm³/mol. The van der Waals surface area contributed by atoms with Crippen LogP contribution in [-0.2, 0) is 4.84 Å². The summed E-state index contributed by atoms with van der Waals surface area (Å²) in [7, 11) is 0. The predicted octanol–water partition coefficient (Wildman–Crippen LogP) is 0.461. The summed E-state index contributed by atoms with van der Waals surface area (Å²) in [5.41, 5.74) is 0.591. The molecule has 0 radical (unpaired) electrons. The molecule has 2 rings (SSSR count). The highest BCUT2D eigenvalue weighted by Crippen LogP contribution is 2.08. The number of hydroxylamine groups is 2. The van der Waals surface area contributed by atoms with E-state index in [0.29, 0.717) is 13.2 Å². The lowest BCUT2D eigenvalue weighted by atomic mass is 10.2. The fraction of sp³-hybridized carbons (Fsp3) is 0.400. The molecule has 1 fully saturated rings. The summed E-state index contributed by atoms with van der Waals surface area (Å²) in [6, 6.07) is 1.41. The molecule has 80 valence electrons. The van der Waals surface area contributed by atoms with Crippen LogP contribution in [0.25, 0.3) is 0 Å². The van der Waals surface area contributed by atoms with E-state index in [0.717, 1.165) is 12.1 Å². The molecule has 5 nitrogen and oxygen atoms in total. The first kappa shape index (κ1) is 9.92. The van der Waals surface area contributed by atoms with Crippen molar-refractivity contribution in [1.29, 1.82) is 0 Å². The van der Waals surface area contributed by atoms with Gasteiger partial charge in [0.05, 0.1) is 13.2 Å². The molecule has 15 heavy (non-hydrogen) atoms. The van der Waals surface area contributed by atoms with Gasteiger partial charge in [-0.3, -0.25) is 14.4 Å². The molecule has 2 heterocycles. The molecule has 0 aliphatic carbocycles. The van der Waals surface area contributed by atoms with Gasteiger partial charge in [0.1, 0.15) is 5.56 Å². The molecule has 5 heteroatoms. The Balaban J connectivity index is 2.29. The lowest BCUT2D eigenvalue weighted by Crippen LogP contribution is -2.30. The summed E-state index contributed by atoms with van der Waals surface area (Å²) in [6.07, 6.45) is 2.25. The van der Waals surface area contributed by atoms with E-state index in [-0.39, 0.29) is 16.9 Å². The third kappa shape index (κ3) is 1.92. The number of aromatic nitrogens is 1. The summed E-state index contributed by atoms with van der Waals surface area (Å²) in [6.45, 7) is 2.85. The van der Waals surface area contributed by atoms with Gasteiger partial charge in [-0.25, -0.2) is 5.06 Å². The van der Waals surface area contributed by atoms with E-state index in [1.165, 1.54) is 17.3 Å².